The Morgan fingerprint density at radius 1 is 1.17 bits per heavy atom. The number of nitrogens with zero attached hydrogens (tertiary/aromatic N) is 5. The zero-order valence-electron chi connectivity index (χ0n) is 11.8. The van der Waals surface area contributed by atoms with Crippen molar-refractivity contribution in [2.75, 3.05) is 0 Å². The first-order chi connectivity index (χ1) is 11.4. The van der Waals surface area contributed by atoms with Gasteiger partial charge in [0.1, 0.15) is 11.4 Å². The van der Waals surface area contributed by atoms with Crippen molar-refractivity contribution in [3.63, 3.8) is 0 Å². The molecule has 0 fully saturated rings. The average Bonchev–Trinajstić information content (AvgIpc) is 2.95. The van der Waals surface area contributed by atoms with Crippen LogP contribution in [0.2, 0.25) is 5.02 Å². The van der Waals surface area contributed by atoms with Gasteiger partial charge in [-0.3, -0.25) is 4.98 Å². The summed E-state index contributed by atoms with van der Waals surface area (Å²) < 4.78 is 53.8. The molecule has 24 heavy (non-hydrogen) atoms. The second kappa shape index (κ2) is 6.16. The molecule has 2 aromatic heterocycles. The smallest absolute Gasteiger partial charge is 0.264 e. The summed E-state index contributed by atoms with van der Waals surface area (Å²) in [6.07, 6.45) is -1.78. The maximum absolute atomic E-state index is 13.5. The van der Waals surface area contributed by atoms with Gasteiger partial charge in [0.25, 0.3) is 0 Å². The molecule has 3 rings (SSSR count). The van der Waals surface area contributed by atoms with Crippen LogP contribution in [0.15, 0.2) is 36.7 Å². The number of halogens is 5. The Hall–Kier alpha value is -2.55. The molecule has 0 spiro atoms. The van der Waals surface area contributed by atoms with E-state index < -0.39 is 22.6 Å². The molecule has 10 heteroatoms. The third kappa shape index (κ3) is 3.07. The van der Waals surface area contributed by atoms with E-state index in [4.69, 9.17) is 11.6 Å². The van der Waals surface area contributed by atoms with Gasteiger partial charge < -0.3 is 0 Å². The second-order valence-electron chi connectivity index (χ2n) is 4.80. The monoisotopic (exact) mass is 357 g/mol. The number of rotatable bonds is 3. The van der Waals surface area contributed by atoms with Crippen molar-refractivity contribution in [1.82, 2.24) is 25.2 Å². The molecular formula is C14H8ClF4N5. The molecule has 0 N–H and O–H groups in total. The third-order valence-electron chi connectivity index (χ3n) is 3.20. The third-order valence-corrected chi connectivity index (χ3v) is 3.60. The zero-order chi connectivity index (χ0) is 17.3. The van der Waals surface area contributed by atoms with Crippen LogP contribution in [0.1, 0.15) is 11.1 Å². The summed E-state index contributed by atoms with van der Waals surface area (Å²) in [4.78, 5) is 3.94. The molecule has 0 unspecified atom stereocenters. The second-order valence-corrected chi connectivity index (χ2v) is 5.18. The standard InChI is InChI=1S/C14H8ClF4N5/c15-12-9(3-4-10(16)11(12)14(17,18)19)13-21-22-23-24(13)7-8-2-1-5-20-6-8/h1-6H,7H2. The first kappa shape index (κ1) is 16.3. The van der Waals surface area contributed by atoms with Crippen LogP contribution in [0, 0.1) is 5.82 Å². The van der Waals surface area contributed by atoms with Crippen LogP contribution in [-0.4, -0.2) is 25.2 Å². The maximum Gasteiger partial charge on any atom is 0.420 e. The molecule has 0 aliphatic rings. The molecule has 3 aromatic rings. The summed E-state index contributed by atoms with van der Waals surface area (Å²) in [5.74, 6) is -1.46. The molecular weight excluding hydrogens is 350 g/mol. The highest BCUT2D eigenvalue weighted by molar-refractivity contribution is 6.34. The van der Waals surface area contributed by atoms with Gasteiger partial charge in [-0.15, -0.1) is 5.10 Å². The minimum absolute atomic E-state index is 0.00523. The van der Waals surface area contributed by atoms with E-state index in [9.17, 15) is 17.6 Å². The van der Waals surface area contributed by atoms with E-state index in [-0.39, 0.29) is 17.9 Å². The Morgan fingerprint density at radius 2 is 1.96 bits per heavy atom. The van der Waals surface area contributed by atoms with E-state index in [1.54, 1.807) is 24.5 Å². The number of hydrogen-bond acceptors (Lipinski definition) is 4. The van der Waals surface area contributed by atoms with Crippen molar-refractivity contribution >= 4 is 11.6 Å². The van der Waals surface area contributed by atoms with E-state index in [1.807, 2.05) is 0 Å². The van der Waals surface area contributed by atoms with Gasteiger partial charge in [-0.05, 0) is 34.2 Å². The lowest BCUT2D eigenvalue weighted by molar-refractivity contribution is -0.139. The van der Waals surface area contributed by atoms with Crippen LogP contribution in [0.3, 0.4) is 0 Å². The Balaban J connectivity index is 2.07. The first-order valence-corrected chi connectivity index (χ1v) is 6.96. The molecule has 1 aromatic carbocycles. The Morgan fingerprint density at radius 3 is 2.62 bits per heavy atom. The Kier molecular flexibility index (Phi) is 4.18. The van der Waals surface area contributed by atoms with Gasteiger partial charge in [0, 0.05) is 18.0 Å². The highest BCUT2D eigenvalue weighted by Crippen LogP contribution is 2.40. The molecule has 0 saturated heterocycles. The summed E-state index contributed by atoms with van der Waals surface area (Å²) in [5.41, 5.74) is -0.919. The van der Waals surface area contributed by atoms with Gasteiger partial charge in [-0.25, -0.2) is 9.07 Å². The van der Waals surface area contributed by atoms with E-state index >= 15 is 0 Å². The van der Waals surface area contributed by atoms with Crippen LogP contribution >= 0.6 is 11.6 Å². The van der Waals surface area contributed by atoms with Crippen LogP contribution in [0.4, 0.5) is 17.6 Å². The van der Waals surface area contributed by atoms with E-state index in [0.29, 0.717) is 6.07 Å². The quantitative estimate of drug-likeness (QED) is 0.672. The Bertz CT molecular complexity index is 863. The van der Waals surface area contributed by atoms with Crippen molar-refractivity contribution in [2.24, 2.45) is 0 Å². The van der Waals surface area contributed by atoms with Gasteiger partial charge in [-0.2, -0.15) is 13.2 Å². The number of alkyl halides is 3. The van der Waals surface area contributed by atoms with Crippen LogP contribution in [0.5, 0.6) is 0 Å². The fourth-order valence-electron chi connectivity index (χ4n) is 2.15. The predicted octanol–water partition coefficient (Wildman–Crippen LogP) is 3.59. The molecule has 0 radical (unpaired) electrons. The zero-order valence-corrected chi connectivity index (χ0v) is 12.6. The summed E-state index contributed by atoms with van der Waals surface area (Å²) in [7, 11) is 0. The normalized spacial score (nSPS) is 11.7. The Labute approximate surface area is 137 Å². The lowest BCUT2D eigenvalue weighted by Gasteiger charge is -2.13. The lowest BCUT2D eigenvalue weighted by atomic mass is 10.1. The highest BCUT2D eigenvalue weighted by Gasteiger charge is 2.38. The van der Waals surface area contributed by atoms with Crippen LogP contribution < -0.4 is 0 Å². The maximum atomic E-state index is 13.5. The van der Waals surface area contributed by atoms with Crippen molar-refractivity contribution in [3.8, 4) is 11.4 Å². The number of hydrogen-bond donors (Lipinski definition) is 0. The fraction of sp³-hybridized carbons (Fsp3) is 0.143. The number of tetrazole rings is 1. The van der Waals surface area contributed by atoms with E-state index in [0.717, 1.165) is 11.6 Å². The molecule has 0 aliphatic carbocycles. The molecule has 0 amide bonds. The number of benzene rings is 1. The van der Waals surface area contributed by atoms with Crippen molar-refractivity contribution < 1.29 is 17.6 Å². The molecule has 5 nitrogen and oxygen atoms in total. The molecule has 0 saturated carbocycles. The molecule has 0 bridgehead atoms. The minimum Gasteiger partial charge on any atom is -0.264 e. The van der Waals surface area contributed by atoms with Crippen molar-refractivity contribution in [3.05, 3.63) is 58.6 Å². The lowest BCUT2D eigenvalue weighted by Crippen LogP contribution is -2.11. The molecule has 0 aliphatic heterocycles. The fourth-order valence-corrected chi connectivity index (χ4v) is 2.50. The van der Waals surface area contributed by atoms with E-state index in [1.165, 1.54) is 4.68 Å². The van der Waals surface area contributed by atoms with Crippen molar-refractivity contribution in [2.45, 2.75) is 12.7 Å². The van der Waals surface area contributed by atoms with Gasteiger partial charge in [0.15, 0.2) is 5.82 Å². The summed E-state index contributed by atoms with van der Waals surface area (Å²) in [6, 6.07) is 5.25. The van der Waals surface area contributed by atoms with Gasteiger partial charge in [0.2, 0.25) is 0 Å². The van der Waals surface area contributed by atoms with Crippen LogP contribution in [0.25, 0.3) is 11.4 Å². The highest BCUT2D eigenvalue weighted by atomic mass is 35.5. The predicted molar refractivity (Wildman–Crippen MR) is 76.6 cm³/mol. The number of aromatic nitrogens is 5. The summed E-state index contributed by atoms with van der Waals surface area (Å²) in [6.45, 7) is 0.172. The largest absolute Gasteiger partial charge is 0.420 e. The average molecular weight is 358 g/mol. The summed E-state index contributed by atoms with van der Waals surface area (Å²) >= 11 is 5.78. The SMILES string of the molecule is Fc1ccc(-c2nnnn2Cc2cccnc2)c(Cl)c1C(F)(F)F. The van der Waals surface area contributed by atoms with Crippen molar-refractivity contribution in [1.29, 1.82) is 0 Å². The first-order valence-electron chi connectivity index (χ1n) is 6.58. The summed E-state index contributed by atoms with van der Waals surface area (Å²) in [5, 5.41) is 10.1. The topological polar surface area (TPSA) is 56.5 Å². The molecule has 124 valence electrons. The number of pyridine rings is 1. The minimum atomic E-state index is -4.93. The van der Waals surface area contributed by atoms with E-state index in [2.05, 4.69) is 20.5 Å². The van der Waals surface area contributed by atoms with Gasteiger partial charge in [0.05, 0.1) is 11.6 Å². The van der Waals surface area contributed by atoms with Crippen LogP contribution in [-0.2, 0) is 12.7 Å². The van der Waals surface area contributed by atoms with Gasteiger partial charge in [-0.1, -0.05) is 17.7 Å². The van der Waals surface area contributed by atoms with Gasteiger partial charge >= 0.3 is 6.18 Å². The molecule has 0 atom stereocenters. The molecule has 2 heterocycles.